The number of benzene rings is 2. The molecule has 0 saturated carbocycles. The molecule has 1 aromatic heterocycles. The quantitative estimate of drug-likeness (QED) is 0.628. The molecule has 152 valence electrons. The van der Waals surface area contributed by atoms with Crippen LogP contribution in [0.1, 0.15) is 17.4 Å². The molecule has 0 unspecified atom stereocenters. The summed E-state index contributed by atoms with van der Waals surface area (Å²) in [5.41, 5.74) is 4.66. The van der Waals surface area contributed by atoms with E-state index in [0.29, 0.717) is 0 Å². The van der Waals surface area contributed by atoms with Gasteiger partial charge >= 0.3 is 0 Å². The van der Waals surface area contributed by atoms with Gasteiger partial charge in [-0.15, -0.1) is 10.2 Å². The summed E-state index contributed by atoms with van der Waals surface area (Å²) < 4.78 is 8.28. The van der Waals surface area contributed by atoms with Crippen LogP contribution in [0.25, 0.3) is 11.4 Å². The SMILES string of the molecule is Cc1ccccc1-c1nnc(SC[C@@H]2CN[C@H](c3ccc(N(C)C)cc3)O2)n1C. The van der Waals surface area contributed by atoms with Gasteiger partial charge in [-0.3, -0.25) is 5.32 Å². The smallest absolute Gasteiger partial charge is 0.191 e. The van der Waals surface area contributed by atoms with Gasteiger partial charge in [0.05, 0.1) is 6.10 Å². The van der Waals surface area contributed by atoms with Gasteiger partial charge in [0.25, 0.3) is 0 Å². The first-order valence-electron chi connectivity index (χ1n) is 9.77. The van der Waals surface area contributed by atoms with Crippen LogP contribution in [0.4, 0.5) is 5.69 Å². The van der Waals surface area contributed by atoms with Crippen LogP contribution in [0, 0.1) is 6.92 Å². The summed E-state index contributed by atoms with van der Waals surface area (Å²) in [5, 5.41) is 13.2. The Morgan fingerprint density at radius 2 is 1.90 bits per heavy atom. The lowest BCUT2D eigenvalue weighted by Gasteiger charge is -2.16. The van der Waals surface area contributed by atoms with Crippen LogP contribution in [-0.4, -0.2) is 47.3 Å². The van der Waals surface area contributed by atoms with Crippen molar-refractivity contribution < 1.29 is 4.74 Å². The maximum absolute atomic E-state index is 6.22. The Morgan fingerprint density at radius 3 is 2.62 bits per heavy atom. The Labute approximate surface area is 176 Å². The van der Waals surface area contributed by atoms with E-state index in [4.69, 9.17) is 4.74 Å². The average molecular weight is 410 g/mol. The summed E-state index contributed by atoms with van der Waals surface area (Å²) in [6.45, 7) is 2.93. The van der Waals surface area contributed by atoms with Crippen molar-refractivity contribution in [2.75, 3.05) is 31.3 Å². The number of rotatable bonds is 6. The van der Waals surface area contributed by atoms with Crippen molar-refractivity contribution in [2.24, 2.45) is 7.05 Å². The van der Waals surface area contributed by atoms with Crippen LogP contribution in [-0.2, 0) is 11.8 Å². The lowest BCUT2D eigenvalue weighted by atomic mass is 10.1. The largest absolute Gasteiger partial charge is 0.378 e. The number of anilines is 1. The molecular weight excluding hydrogens is 382 g/mol. The van der Waals surface area contributed by atoms with Gasteiger partial charge in [0.2, 0.25) is 0 Å². The van der Waals surface area contributed by atoms with Crippen molar-refractivity contribution in [2.45, 2.75) is 24.4 Å². The Morgan fingerprint density at radius 1 is 1.14 bits per heavy atom. The Hall–Kier alpha value is -2.35. The molecule has 1 fully saturated rings. The van der Waals surface area contributed by atoms with Crippen molar-refractivity contribution in [3.05, 3.63) is 59.7 Å². The number of nitrogens with one attached hydrogen (secondary N) is 1. The van der Waals surface area contributed by atoms with Crippen LogP contribution < -0.4 is 10.2 Å². The van der Waals surface area contributed by atoms with E-state index in [1.807, 2.05) is 33.3 Å². The first-order valence-corrected chi connectivity index (χ1v) is 10.8. The molecule has 3 aromatic rings. The van der Waals surface area contributed by atoms with Gasteiger partial charge in [-0.25, -0.2) is 0 Å². The second-order valence-corrected chi connectivity index (χ2v) is 8.51. The van der Waals surface area contributed by atoms with E-state index in [2.05, 4.69) is 68.3 Å². The van der Waals surface area contributed by atoms with Gasteiger partial charge in [0.15, 0.2) is 11.0 Å². The molecule has 2 atom stereocenters. The molecule has 0 radical (unpaired) electrons. The zero-order valence-corrected chi connectivity index (χ0v) is 18.1. The highest BCUT2D eigenvalue weighted by Gasteiger charge is 2.26. The highest BCUT2D eigenvalue weighted by molar-refractivity contribution is 7.99. The van der Waals surface area contributed by atoms with E-state index < -0.39 is 0 Å². The first kappa shape index (κ1) is 19.9. The molecule has 0 amide bonds. The van der Waals surface area contributed by atoms with E-state index in [9.17, 15) is 0 Å². The summed E-state index contributed by atoms with van der Waals surface area (Å²) in [4.78, 5) is 2.10. The molecule has 1 aliphatic rings. The highest BCUT2D eigenvalue weighted by Crippen LogP contribution is 2.28. The summed E-state index contributed by atoms with van der Waals surface area (Å²) in [5.74, 6) is 1.73. The summed E-state index contributed by atoms with van der Waals surface area (Å²) in [6, 6.07) is 16.8. The third kappa shape index (κ3) is 4.32. The zero-order valence-electron chi connectivity index (χ0n) is 17.3. The maximum atomic E-state index is 6.22. The number of hydrogen-bond acceptors (Lipinski definition) is 6. The minimum Gasteiger partial charge on any atom is -0.378 e. The van der Waals surface area contributed by atoms with Crippen LogP contribution in [0.15, 0.2) is 53.7 Å². The fourth-order valence-electron chi connectivity index (χ4n) is 3.44. The van der Waals surface area contributed by atoms with Gasteiger partial charge in [-0.1, -0.05) is 48.2 Å². The van der Waals surface area contributed by atoms with Crippen molar-refractivity contribution in [1.29, 1.82) is 0 Å². The number of nitrogens with zero attached hydrogens (tertiary/aromatic N) is 4. The Bertz CT molecular complexity index is 970. The van der Waals surface area contributed by atoms with Gasteiger partial charge in [-0.2, -0.15) is 0 Å². The summed E-state index contributed by atoms with van der Waals surface area (Å²) in [6.07, 6.45) is 0.0796. The first-order chi connectivity index (χ1) is 14.0. The monoisotopic (exact) mass is 409 g/mol. The number of aryl methyl sites for hydroxylation is 1. The summed E-state index contributed by atoms with van der Waals surface area (Å²) in [7, 11) is 6.11. The molecule has 29 heavy (non-hydrogen) atoms. The molecule has 2 aromatic carbocycles. The maximum Gasteiger partial charge on any atom is 0.191 e. The van der Waals surface area contributed by atoms with Gasteiger partial charge in [0.1, 0.15) is 6.23 Å². The molecule has 0 spiro atoms. The van der Waals surface area contributed by atoms with E-state index >= 15 is 0 Å². The number of ether oxygens (including phenoxy) is 1. The molecule has 0 bridgehead atoms. The second-order valence-electron chi connectivity index (χ2n) is 7.52. The van der Waals surface area contributed by atoms with Crippen molar-refractivity contribution in [3.8, 4) is 11.4 Å². The molecule has 2 heterocycles. The molecule has 6 nitrogen and oxygen atoms in total. The Kier molecular flexibility index (Phi) is 5.89. The minimum absolute atomic E-state index is 0.0566. The van der Waals surface area contributed by atoms with Crippen LogP contribution in [0.5, 0.6) is 0 Å². The van der Waals surface area contributed by atoms with Gasteiger partial charge in [-0.05, 0) is 30.2 Å². The lowest BCUT2D eigenvalue weighted by Crippen LogP contribution is -2.17. The third-order valence-electron chi connectivity index (χ3n) is 5.19. The van der Waals surface area contributed by atoms with E-state index in [0.717, 1.165) is 34.4 Å². The summed E-state index contributed by atoms with van der Waals surface area (Å²) >= 11 is 1.69. The van der Waals surface area contributed by atoms with E-state index in [1.54, 1.807) is 11.8 Å². The number of hydrogen-bond donors (Lipinski definition) is 1. The topological polar surface area (TPSA) is 55.2 Å². The highest BCUT2D eigenvalue weighted by atomic mass is 32.2. The van der Waals surface area contributed by atoms with Crippen LogP contribution in [0.3, 0.4) is 0 Å². The van der Waals surface area contributed by atoms with Gasteiger partial charge in [0, 0.05) is 44.7 Å². The molecule has 1 N–H and O–H groups in total. The molecule has 7 heteroatoms. The van der Waals surface area contributed by atoms with Gasteiger partial charge < -0.3 is 14.2 Å². The second kappa shape index (κ2) is 8.57. The average Bonchev–Trinajstić information content (AvgIpc) is 3.34. The van der Waals surface area contributed by atoms with Crippen molar-refractivity contribution in [1.82, 2.24) is 20.1 Å². The third-order valence-corrected chi connectivity index (χ3v) is 6.34. The molecule has 1 saturated heterocycles. The van der Waals surface area contributed by atoms with Crippen molar-refractivity contribution in [3.63, 3.8) is 0 Å². The lowest BCUT2D eigenvalue weighted by molar-refractivity contribution is 0.0534. The van der Waals surface area contributed by atoms with Crippen LogP contribution in [0.2, 0.25) is 0 Å². The normalized spacial score (nSPS) is 18.9. The predicted molar refractivity (Wildman–Crippen MR) is 118 cm³/mol. The van der Waals surface area contributed by atoms with Crippen LogP contribution >= 0.6 is 11.8 Å². The standard InChI is InChI=1S/C22H27N5OS/c1-15-7-5-6-8-19(15)20-24-25-22(27(20)4)29-14-18-13-23-21(28-18)16-9-11-17(12-10-16)26(2)3/h5-12,18,21,23H,13-14H2,1-4H3/t18-,21-/m0/s1. The predicted octanol–water partition coefficient (Wildman–Crippen LogP) is 3.64. The van der Waals surface area contributed by atoms with Crippen molar-refractivity contribution >= 4 is 17.4 Å². The van der Waals surface area contributed by atoms with E-state index in [-0.39, 0.29) is 12.3 Å². The fraction of sp³-hybridized carbons (Fsp3) is 0.364. The molecule has 0 aliphatic carbocycles. The Balaban J connectivity index is 1.36. The minimum atomic E-state index is -0.0566. The zero-order chi connectivity index (χ0) is 20.4. The number of aromatic nitrogens is 3. The molecule has 4 rings (SSSR count). The fourth-order valence-corrected chi connectivity index (χ4v) is 4.35. The molecule has 1 aliphatic heterocycles. The van der Waals surface area contributed by atoms with E-state index in [1.165, 1.54) is 11.3 Å². The molecular formula is C22H27N5OS. The number of thioether (sulfide) groups is 1.